The molecule has 2 atom stereocenters. The van der Waals surface area contributed by atoms with Gasteiger partial charge in [-0.25, -0.2) is 15.0 Å². The van der Waals surface area contributed by atoms with Gasteiger partial charge >= 0.3 is 0 Å². The van der Waals surface area contributed by atoms with E-state index in [0.717, 1.165) is 29.2 Å². The summed E-state index contributed by atoms with van der Waals surface area (Å²) in [6.45, 7) is 2.11. The highest BCUT2D eigenvalue weighted by molar-refractivity contribution is 5.83. The molecule has 0 amide bonds. The van der Waals surface area contributed by atoms with E-state index in [1.54, 1.807) is 0 Å². The van der Waals surface area contributed by atoms with Crippen molar-refractivity contribution < 1.29 is 5.11 Å². The molecule has 0 aliphatic heterocycles. The molecule has 6 heteroatoms. The normalized spacial score (nSPS) is 24.9. The number of fused-ring (bicyclic) bond motifs is 1. The molecule has 110 valence electrons. The Kier molecular flexibility index (Phi) is 2.92. The number of rotatable bonds is 4. The predicted octanol–water partition coefficient (Wildman–Crippen LogP) is 1.82. The van der Waals surface area contributed by atoms with Gasteiger partial charge in [0, 0.05) is 18.6 Å². The molecule has 2 aromatic heterocycles. The Hall–Kier alpha value is -1.95. The second-order valence-corrected chi connectivity index (χ2v) is 5.99. The van der Waals surface area contributed by atoms with Crippen molar-refractivity contribution in [1.29, 1.82) is 0 Å². The minimum absolute atomic E-state index is 0.197. The largest absolute Gasteiger partial charge is 0.396 e. The number of aromatic nitrogens is 4. The summed E-state index contributed by atoms with van der Waals surface area (Å²) >= 11 is 0. The zero-order chi connectivity index (χ0) is 14.4. The van der Waals surface area contributed by atoms with Crippen LogP contribution >= 0.6 is 0 Å². The van der Waals surface area contributed by atoms with Crippen molar-refractivity contribution in [3.8, 4) is 0 Å². The van der Waals surface area contributed by atoms with Crippen LogP contribution in [-0.2, 0) is 0 Å². The molecule has 0 saturated heterocycles. The average molecular weight is 285 g/mol. The van der Waals surface area contributed by atoms with Crippen LogP contribution in [0.2, 0.25) is 0 Å². The third-order valence-corrected chi connectivity index (χ3v) is 4.19. The molecule has 2 heterocycles. The third-order valence-electron chi connectivity index (χ3n) is 4.19. The first-order valence-corrected chi connectivity index (χ1v) is 7.51. The lowest BCUT2D eigenvalue weighted by molar-refractivity contribution is 0.244. The molecule has 2 aliphatic rings. The number of aryl methyl sites for hydroxylation is 1. The number of nitrogens with one attached hydrogen (secondary N) is 1. The molecule has 4 rings (SSSR count). The maximum Gasteiger partial charge on any atom is 0.166 e. The van der Waals surface area contributed by atoms with Gasteiger partial charge in [0.2, 0.25) is 0 Å². The summed E-state index contributed by atoms with van der Waals surface area (Å²) in [5.74, 6) is 1.84. The Morgan fingerprint density at radius 2 is 2.19 bits per heavy atom. The zero-order valence-corrected chi connectivity index (χ0v) is 12.0. The fourth-order valence-electron chi connectivity index (χ4n) is 2.88. The van der Waals surface area contributed by atoms with Gasteiger partial charge in [-0.2, -0.15) is 0 Å². The lowest BCUT2D eigenvalue weighted by atomic mass is 10.1. The lowest BCUT2D eigenvalue weighted by Crippen LogP contribution is -2.09. The number of aliphatic hydroxyl groups is 1. The van der Waals surface area contributed by atoms with E-state index in [9.17, 15) is 5.11 Å². The maximum atomic E-state index is 9.28. The summed E-state index contributed by atoms with van der Waals surface area (Å²) in [4.78, 5) is 13.6. The van der Waals surface area contributed by atoms with Crippen molar-refractivity contribution in [3.63, 3.8) is 0 Å². The van der Waals surface area contributed by atoms with Gasteiger partial charge in [0.05, 0.1) is 12.4 Å². The highest BCUT2D eigenvalue weighted by Crippen LogP contribution is 2.32. The van der Waals surface area contributed by atoms with Crippen LogP contribution in [-0.4, -0.2) is 37.3 Å². The minimum Gasteiger partial charge on any atom is -0.396 e. The summed E-state index contributed by atoms with van der Waals surface area (Å²) in [6.07, 6.45) is 9.35. The second kappa shape index (κ2) is 4.80. The average Bonchev–Trinajstić information content (AvgIpc) is 3.01. The number of allylic oxidation sites excluding steroid dienone is 1. The highest BCUT2D eigenvalue weighted by Gasteiger charge is 2.26. The Morgan fingerprint density at radius 1 is 1.33 bits per heavy atom. The molecule has 1 unspecified atom stereocenters. The van der Waals surface area contributed by atoms with E-state index in [1.807, 2.05) is 13.3 Å². The van der Waals surface area contributed by atoms with Crippen molar-refractivity contribution in [2.45, 2.75) is 38.3 Å². The summed E-state index contributed by atoms with van der Waals surface area (Å²) in [5, 5.41) is 12.7. The molecular formula is C15H19N5O. The quantitative estimate of drug-likeness (QED) is 0.838. The van der Waals surface area contributed by atoms with Crippen molar-refractivity contribution >= 4 is 17.0 Å². The summed E-state index contributed by atoms with van der Waals surface area (Å²) < 4.78 is 2.09. The summed E-state index contributed by atoms with van der Waals surface area (Å²) in [5.41, 5.74) is 1.72. The fourth-order valence-corrected chi connectivity index (χ4v) is 2.88. The van der Waals surface area contributed by atoms with Gasteiger partial charge in [-0.1, -0.05) is 12.2 Å². The monoisotopic (exact) mass is 285 g/mol. The number of aliphatic hydroxyl groups excluding tert-OH is 1. The number of imidazole rings is 1. The Morgan fingerprint density at radius 3 is 2.90 bits per heavy atom. The standard InChI is InChI=1S/C15H19N5O/c1-9-17-14(19-11-3-4-11)13-15(18-9)20(8-16-13)12-5-2-10(6-12)7-21/h2,5,8,10-12,21H,3-4,6-7H2,1H3,(H,17,18,19)/t10-,12?/m1/s1. The topological polar surface area (TPSA) is 75.9 Å². The van der Waals surface area contributed by atoms with Crippen LogP contribution in [0.3, 0.4) is 0 Å². The number of anilines is 1. The molecule has 2 aromatic rings. The van der Waals surface area contributed by atoms with Gasteiger partial charge in [-0.05, 0) is 26.2 Å². The van der Waals surface area contributed by atoms with Gasteiger partial charge < -0.3 is 15.0 Å². The van der Waals surface area contributed by atoms with Crippen LogP contribution in [0.25, 0.3) is 11.2 Å². The van der Waals surface area contributed by atoms with E-state index < -0.39 is 0 Å². The lowest BCUT2D eigenvalue weighted by Gasteiger charge is -2.13. The van der Waals surface area contributed by atoms with Crippen LogP contribution in [0.1, 0.15) is 31.1 Å². The first kappa shape index (κ1) is 12.8. The molecule has 6 nitrogen and oxygen atoms in total. The zero-order valence-electron chi connectivity index (χ0n) is 12.0. The van der Waals surface area contributed by atoms with Gasteiger partial charge in [0.25, 0.3) is 0 Å². The van der Waals surface area contributed by atoms with Crippen molar-refractivity contribution in [2.75, 3.05) is 11.9 Å². The Balaban J connectivity index is 1.73. The van der Waals surface area contributed by atoms with Crippen LogP contribution in [0.15, 0.2) is 18.5 Å². The molecule has 2 N–H and O–H groups in total. The first-order chi connectivity index (χ1) is 10.2. The second-order valence-electron chi connectivity index (χ2n) is 5.99. The molecule has 1 fully saturated rings. The molecule has 0 bridgehead atoms. The fraction of sp³-hybridized carbons (Fsp3) is 0.533. The smallest absolute Gasteiger partial charge is 0.166 e. The van der Waals surface area contributed by atoms with Gasteiger partial charge in [-0.15, -0.1) is 0 Å². The van der Waals surface area contributed by atoms with E-state index in [0.29, 0.717) is 6.04 Å². The number of hydrogen-bond acceptors (Lipinski definition) is 5. The molecule has 21 heavy (non-hydrogen) atoms. The number of nitrogens with zero attached hydrogens (tertiary/aromatic N) is 4. The summed E-state index contributed by atoms with van der Waals surface area (Å²) in [7, 11) is 0. The van der Waals surface area contributed by atoms with Crippen LogP contribution < -0.4 is 5.32 Å². The van der Waals surface area contributed by atoms with Crippen molar-refractivity contribution in [1.82, 2.24) is 19.5 Å². The SMILES string of the molecule is Cc1nc(NC2CC2)c2ncn(C3C=C[C@@H](CO)C3)c2n1. The molecule has 0 aromatic carbocycles. The molecule has 0 spiro atoms. The number of hydrogen-bond donors (Lipinski definition) is 2. The molecule has 2 aliphatic carbocycles. The van der Waals surface area contributed by atoms with E-state index in [2.05, 4.69) is 37.0 Å². The predicted molar refractivity (Wildman–Crippen MR) is 80.1 cm³/mol. The third kappa shape index (κ3) is 2.29. The van der Waals surface area contributed by atoms with Crippen LogP contribution in [0, 0.1) is 12.8 Å². The van der Waals surface area contributed by atoms with Gasteiger partial charge in [-0.3, -0.25) is 0 Å². The van der Waals surface area contributed by atoms with Crippen LogP contribution in [0.5, 0.6) is 0 Å². The first-order valence-electron chi connectivity index (χ1n) is 7.51. The Bertz CT molecular complexity index is 703. The molecular weight excluding hydrogens is 266 g/mol. The van der Waals surface area contributed by atoms with E-state index >= 15 is 0 Å². The molecule has 0 radical (unpaired) electrons. The summed E-state index contributed by atoms with van der Waals surface area (Å²) in [6, 6.07) is 0.757. The molecule has 1 saturated carbocycles. The van der Waals surface area contributed by atoms with E-state index in [-0.39, 0.29) is 18.6 Å². The van der Waals surface area contributed by atoms with Gasteiger partial charge in [0.1, 0.15) is 11.3 Å². The van der Waals surface area contributed by atoms with Crippen LogP contribution in [0.4, 0.5) is 5.82 Å². The minimum atomic E-state index is 0.197. The Labute approximate surface area is 122 Å². The van der Waals surface area contributed by atoms with E-state index in [1.165, 1.54) is 12.8 Å². The van der Waals surface area contributed by atoms with E-state index in [4.69, 9.17) is 0 Å². The van der Waals surface area contributed by atoms with Crippen molar-refractivity contribution in [2.24, 2.45) is 5.92 Å². The highest BCUT2D eigenvalue weighted by atomic mass is 16.3. The van der Waals surface area contributed by atoms with Crippen molar-refractivity contribution in [3.05, 3.63) is 24.3 Å². The van der Waals surface area contributed by atoms with Gasteiger partial charge in [0.15, 0.2) is 11.5 Å². The maximum absolute atomic E-state index is 9.28.